The second kappa shape index (κ2) is 6.39. The number of benzene rings is 1. The van der Waals surface area contributed by atoms with Crippen molar-refractivity contribution >= 4 is 12.0 Å². The Hall–Kier alpha value is -2.56. The highest BCUT2D eigenvalue weighted by molar-refractivity contribution is 5.85. The van der Waals surface area contributed by atoms with Crippen molar-refractivity contribution in [2.24, 2.45) is 0 Å². The summed E-state index contributed by atoms with van der Waals surface area (Å²) in [6, 6.07) is 6.45. The lowest BCUT2D eigenvalue weighted by atomic mass is 9.96. The molecule has 2 aromatic rings. The SMILES string of the molecule is COc1cc(C=C2CC(=O)N3CCCCC23)ccc1-n1cnc(C)c1. The van der Waals surface area contributed by atoms with E-state index in [4.69, 9.17) is 4.74 Å². The van der Waals surface area contributed by atoms with Crippen LogP contribution < -0.4 is 4.74 Å². The molecule has 5 nitrogen and oxygen atoms in total. The molecule has 3 heterocycles. The molecule has 4 rings (SSSR count). The predicted molar refractivity (Wildman–Crippen MR) is 96.8 cm³/mol. The van der Waals surface area contributed by atoms with Crippen LogP contribution in [0.5, 0.6) is 5.75 Å². The van der Waals surface area contributed by atoms with Gasteiger partial charge >= 0.3 is 0 Å². The molecule has 1 aromatic carbocycles. The standard InChI is InChI=1S/C20H23N3O2/c1-14-12-22(13-21-14)18-7-6-15(10-19(18)25-2)9-16-11-20(24)23-8-4-3-5-17(16)23/h6-7,9-10,12-13,17H,3-5,8,11H2,1-2H3. The van der Waals surface area contributed by atoms with E-state index in [1.54, 1.807) is 13.4 Å². The van der Waals surface area contributed by atoms with Crippen LogP contribution in [-0.2, 0) is 4.79 Å². The van der Waals surface area contributed by atoms with E-state index in [0.717, 1.165) is 42.1 Å². The van der Waals surface area contributed by atoms with E-state index in [9.17, 15) is 4.79 Å². The van der Waals surface area contributed by atoms with Crippen LogP contribution in [0.1, 0.15) is 36.9 Å². The van der Waals surface area contributed by atoms with Crippen molar-refractivity contribution in [3.8, 4) is 11.4 Å². The van der Waals surface area contributed by atoms with Gasteiger partial charge in [-0.2, -0.15) is 0 Å². The maximum Gasteiger partial charge on any atom is 0.227 e. The van der Waals surface area contributed by atoms with Gasteiger partial charge in [-0.05, 0) is 49.5 Å². The van der Waals surface area contributed by atoms with E-state index in [2.05, 4.69) is 22.0 Å². The van der Waals surface area contributed by atoms with Crippen LogP contribution in [0, 0.1) is 6.92 Å². The molecule has 5 heteroatoms. The molecule has 1 unspecified atom stereocenters. The zero-order valence-electron chi connectivity index (χ0n) is 14.7. The highest BCUT2D eigenvalue weighted by Gasteiger charge is 2.36. The minimum absolute atomic E-state index is 0.272. The van der Waals surface area contributed by atoms with Gasteiger partial charge in [0.05, 0.1) is 37.3 Å². The molecule has 25 heavy (non-hydrogen) atoms. The Labute approximate surface area is 147 Å². The molecule has 2 aliphatic rings. The van der Waals surface area contributed by atoms with Crippen LogP contribution in [-0.4, -0.2) is 40.1 Å². The first kappa shape index (κ1) is 15.9. The molecule has 2 aliphatic heterocycles. The quantitative estimate of drug-likeness (QED) is 0.863. The van der Waals surface area contributed by atoms with Crippen LogP contribution in [0.25, 0.3) is 11.8 Å². The van der Waals surface area contributed by atoms with E-state index in [1.165, 1.54) is 12.0 Å². The molecule has 1 atom stereocenters. The number of rotatable bonds is 3. The predicted octanol–water partition coefficient (Wildman–Crippen LogP) is 3.36. The van der Waals surface area contributed by atoms with Gasteiger partial charge in [0.25, 0.3) is 0 Å². The Bertz CT molecular complexity index is 837. The van der Waals surface area contributed by atoms with Crippen molar-refractivity contribution in [1.29, 1.82) is 0 Å². The Kier molecular flexibility index (Phi) is 4.07. The van der Waals surface area contributed by atoms with Crippen LogP contribution in [0.3, 0.4) is 0 Å². The Morgan fingerprint density at radius 1 is 1.32 bits per heavy atom. The summed E-state index contributed by atoms with van der Waals surface area (Å²) in [6.45, 7) is 2.87. The lowest BCUT2D eigenvalue weighted by molar-refractivity contribution is -0.129. The second-order valence-electron chi connectivity index (χ2n) is 6.85. The normalized spacial score (nSPS) is 21.7. The number of aryl methyl sites for hydroxylation is 1. The third-order valence-corrected chi connectivity index (χ3v) is 5.15. The summed E-state index contributed by atoms with van der Waals surface area (Å²) in [6.07, 6.45) is 9.90. The Balaban J connectivity index is 1.66. The molecule has 2 fully saturated rings. The van der Waals surface area contributed by atoms with Gasteiger partial charge in [0.15, 0.2) is 0 Å². The van der Waals surface area contributed by atoms with E-state index in [-0.39, 0.29) is 5.91 Å². The van der Waals surface area contributed by atoms with Crippen molar-refractivity contribution in [3.05, 3.63) is 47.6 Å². The molecule has 2 saturated heterocycles. The fourth-order valence-corrected chi connectivity index (χ4v) is 3.92. The minimum Gasteiger partial charge on any atom is -0.495 e. The number of piperidine rings is 1. The van der Waals surface area contributed by atoms with E-state index in [0.29, 0.717) is 12.5 Å². The zero-order valence-corrected chi connectivity index (χ0v) is 14.7. The van der Waals surface area contributed by atoms with Gasteiger partial charge in [-0.1, -0.05) is 12.1 Å². The average Bonchev–Trinajstić information content (AvgIpc) is 3.19. The van der Waals surface area contributed by atoms with Gasteiger partial charge < -0.3 is 14.2 Å². The monoisotopic (exact) mass is 337 g/mol. The lowest BCUT2D eigenvalue weighted by Crippen LogP contribution is -2.37. The van der Waals surface area contributed by atoms with Gasteiger partial charge in [0.2, 0.25) is 5.91 Å². The van der Waals surface area contributed by atoms with Gasteiger partial charge in [-0.25, -0.2) is 4.98 Å². The Morgan fingerprint density at radius 2 is 2.20 bits per heavy atom. The smallest absolute Gasteiger partial charge is 0.227 e. The van der Waals surface area contributed by atoms with Crippen molar-refractivity contribution in [2.75, 3.05) is 13.7 Å². The second-order valence-corrected chi connectivity index (χ2v) is 6.85. The van der Waals surface area contributed by atoms with Gasteiger partial charge in [0.1, 0.15) is 5.75 Å². The fraction of sp³-hybridized carbons (Fsp3) is 0.400. The maximum absolute atomic E-state index is 12.2. The third-order valence-electron chi connectivity index (χ3n) is 5.15. The maximum atomic E-state index is 12.2. The first-order valence-electron chi connectivity index (χ1n) is 8.84. The molecule has 0 bridgehead atoms. The number of hydrogen-bond acceptors (Lipinski definition) is 3. The zero-order chi connectivity index (χ0) is 17.4. The minimum atomic E-state index is 0.272. The highest BCUT2D eigenvalue weighted by Crippen LogP contribution is 2.34. The molecular weight excluding hydrogens is 314 g/mol. The summed E-state index contributed by atoms with van der Waals surface area (Å²) in [5.74, 6) is 1.07. The highest BCUT2D eigenvalue weighted by atomic mass is 16.5. The van der Waals surface area contributed by atoms with Crippen molar-refractivity contribution in [3.63, 3.8) is 0 Å². The molecule has 0 radical (unpaired) electrons. The molecule has 1 aromatic heterocycles. The van der Waals surface area contributed by atoms with Crippen LogP contribution in [0.2, 0.25) is 0 Å². The van der Waals surface area contributed by atoms with E-state index < -0.39 is 0 Å². The number of methoxy groups -OCH3 is 1. The lowest BCUT2D eigenvalue weighted by Gasteiger charge is -2.30. The summed E-state index contributed by atoms with van der Waals surface area (Å²) >= 11 is 0. The molecule has 1 amide bonds. The Morgan fingerprint density at radius 3 is 2.96 bits per heavy atom. The summed E-state index contributed by atoms with van der Waals surface area (Å²) in [5.41, 5.74) is 4.24. The molecule has 0 saturated carbocycles. The number of ether oxygens (including phenoxy) is 1. The van der Waals surface area contributed by atoms with Crippen LogP contribution >= 0.6 is 0 Å². The number of nitrogens with zero attached hydrogens (tertiary/aromatic N) is 3. The summed E-state index contributed by atoms with van der Waals surface area (Å²) < 4.78 is 7.55. The van der Waals surface area contributed by atoms with E-state index in [1.807, 2.05) is 29.8 Å². The molecular formula is C20H23N3O2. The average molecular weight is 337 g/mol. The van der Waals surface area contributed by atoms with Crippen LogP contribution in [0.15, 0.2) is 36.3 Å². The number of aromatic nitrogens is 2. The molecule has 0 spiro atoms. The van der Waals surface area contributed by atoms with E-state index >= 15 is 0 Å². The largest absolute Gasteiger partial charge is 0.495 e. The van der Waals surface area contributed by atoms with Crippen molar-refractivity contribution in [2.45, 2.75) is 38.6 Å². The summed E-state index contributed by atoms with van der Waals surface area (Å²) in [7, 11) is 1.68. The van der Waals surface area contributed by atoms with Gasteiger partial charge in [-0.15, -0.1) is 0 Å². The topological polar surface area (TPSA) is 47.4 Å². The number of imidazole rings is 1. The molecule has 0 N–H and O–H groups in total. The molecule has 130 valence electrons. The number of carbonyl (C=O) groups excluding carboxylic acids is 1. The van der Waals surface area contributed by atoms with Gasteiger partial charge in [-0.3, -0.25) is 4.79 Å². The fourth-order valence-electron chi connectivity index (χ4n) is 3.92. The molecule has 0 aliphatic carbocycles. The third kappa shape index (κ3) is 2.95. The number of fused-ring (bicyclic) bond motifs is 1. The summed E-state index contributed by atoms with van der Waals surface area (Å²) in [5, 5.41) is 0. The number of carbonyl (C=O) groups is 1. The van der Waals surface area contributed by atoms with Gasteiger partial charge in [0, 0.05) is 12.7 Å². The number of amides is 1. The first-order valence-corrected chi connectivity index (χ1v) is 8.84. The van der Waals surface area contributed by atoms with Crippen molar-refractivity contribution < 1.29 is 9.53 Å². The first-order chi connectivity index (χ1) is 12.2. The number of hydrogen-bond donors (Lipinski definition) is 0. The summed E-state index contributed by atoms with van der Waals surface area (Å²) in [4.78, 5) is 18.6. The van der Waals surface area contributed by atoms with Crippen LogP contribution in [0.4, 0.5) is 0 Å². The van der Waals surface area contributed by atoms with Crippen molar-refractivity contribution in [1.82, 2.24) is 14.5 Å².